The third kappa shape index (κ3) is 2.81. The molecule has 0 spiro atoms. The number of fused-ring (bicyclic) bond motifs is 3. The van der Waals surface area contributed by atoms with Gasteiger partial charge in [-0.3, -0.25) is 0 Å². The first-order valence-corrected chi connectivity index (χ1v) is 9.35. The minimum Gasteiger partial charge on any atom is -0.496 e. The molecule has 5 heteroatoms. The summed E-state index contributed by atoms with van der Waals surface area (Å²) in [6, 6.07) is 12.3. The van der Waals surface area contributed by atoms with Crippen molar-refractivity contribution >= 4 is 33.2 Å². The molecule has 2 aliphatic rings. The van der Waals surface area contributed by atoms with Crippen LogP contribution in [0.5, 0.6) is 5.75 Å². The molecule has 24 heavy (non-hydrogen) atoms. The molecule has 1 N–H and O–H groups in total. The molecule has 3 atom stereocenters. The Morgan fingerprint density at radius 1 is 1.21 bits per heavy atom. The van der Waals surface area contributed by atoms with E-state index in [2.05, 4.69) is 27.3 Å². The summed E-state index contributed by atoms with van der Waals surface area (Å²) in [6.07, 6.45) is 2.26. The molecule has 0 amide bonds. The molecule has 3 nitrogen and oxygen atoms in total. The average molecular weight is 409 g/mol. The lowest BCUT2D eigenvalue weighted by Crippen LogP contribution is -2.36. The maximum absolute atomic E-state index is 6.22. The van der Waals surface area contributed by atoms with Gasteiger partial charge < -0.3 is 14.8 Å². The number of hydrogen-bond donors (Lipinski definition) is 1. The molecule has 2 aromatic carbocycles. The van der Waals surface area contributed by atoms with Crippen LogP contribution in [0.4, 0.5) is 5.69 Å². The summed E-state index contributed by atoms with van der Waals surface area (Å²) in [5.41, 5.74) is 3.42. The van der Waals surface area contributed by atoms with Crippen LogP contribution in [0, 0.1) is 5.92 Å². The van der Waals surface area contributed by atoms with Crippen LogP contribution in [0.1, 0.15) is 36.1 Å². The lowest BCUT2D eigenvalue weighted by molar-refractivity contribution is -0.0383. The van der Waals surface area contributed by atoms with E-state index in [4.69, 9.17) is 21.1 Å². The van der Waals surface area contributed by atoms with Crippen molar-refractivity contribution in [2.75, 3.05) is 19.0 Å². The van der Waals surface area contributed by atoms with Gasteiger partial charge in [0.2, 0.25) is 0 Å². The smallest absolute Gasteiger partial charge is 0.124 e. The van der Waals surface area contributed by atoms with Gasteiger partial charge in [-0.2, -0.15) is 0 Å². The lowest BCUT2D eigenvalue weighted by atomic mass is 9.77. The molecule has 2 aromatic rings. The SMILES string of the molecule is COc1ccc(Br)cc1[C@@H]1Nc2ccc(Cl)cc2[C@@H]2OCCC[C@H]12. The van der Waals surface area contributed by atoms with Gasteiger partial charge >= 0.3 is 0 Å². The summed E-state index contributed by atoms with van der Waals surface area (Å²) >= 11 is 9.81. The van der Waals surface area contributed by atoms with Gasteiger partial charge in [0.15, 0.2) is 0 Å². The molecule has 0 radical (unpaired) electrons. The highest BCUT2D eigenvalue weighted by molar-refractivity contribution is 9.10. The van der Waals surface area contributed by atoms with Crippen molar-refractivity contribution in [2.45, 2.75) is 25.0 Å². The molecule has 2 heterocycles. The molecule has 1 saturated heterocycles. The molecule has 0 unspecified atom stereocenters. The minimum absolute atomic E-state index is 0.0717. The Bertz CT molecular complexity index is 767. The molecule has 0 saturated carbocycles. The summed E-state index contributed by atoms with van der Waals surface area (Å²) in [6.45, 7) is 0.801. The third-order valence-corrected chi connectivity index (χ3v) is 5.68. The van der Waals surface area contributed by atoms with Crippen molar-refractivity contribution in [3.63, 3.8) is 0 Å². The van der Waals surface area contributed by atoms with Crippen molar-refractivity contribution < 1.29 is 9.47 Å². The minimum atomic E-state index is 0.0717. The summed E-state index contributed by atoms with van der Waals surface area (Å²) in [4.78, 5) is 0. The van der Waals surface area contributed by atoms with Gasteiger partial charge in [-0.15, -0.1) is 0 Å². The van der Waals surface area contributed by atoms with Crippen LogP contribution in [0.15, 0.2) is 40.9 Å². The van der Waals surface area contributed by atoms with E-state index in [9.17, 15) is 0 Å². The van der Waals surface area contributed by atoms with Crippen LogP contribution in [0.2, 0.25) is 5.02 Å². The maximum atomic E-state index is 6.22. The van der Waals surface area contributed by atoms with E-state index in [1.807, 2.05) is 30.3 Å². The largest absolute Gasteiger partial charge is 0.496 e. The summed E-state index contributed by atoms with van der Waals surface area (Å²) in [7, 11) is 1.72. The van der Waals surface area contributed by atoms with Crippen molar-refractivity contribution in [1.82, 2.24) is 0 Å². The van der Waals surface area contributed by atoms with E-state index in [-0.39, 0.29) is 12.1 Å². The number of methoxy groups -OCH3 is 1. The zero-order valence-corrected chi connectivity index (χ0v) is 15.7. The molecular weight excluding hydrogens is 390 g/mol. The Hall–Kier alpha value is -1.23. The van der Waals surface area contributed by atoms with Gasteiger partial charge in [0.05, 0.1) is 19.3 Å². The van der Waals surface area contributed by atoms with E-state index in [1.165, 1.54) is 0 Å². The van der Waals surface area contributed by atoms with E-state index in [0.717, 1.165) is 51.5 Å². The Labute approximate surface area is 155 Å². The fraction of sp³-hybridized carbons (Fsp3) is 0.368. The van der Waals surface area contributed by atoms with Crippen LogP contribution in [-0.2, 0) is 4.74 Å². The number of benzene rings is 2. The summed E-state index contributed by atoms with van der Waals surface area (Å²) < 4.78 is 12.8. The zero-order valence-electron chi connectivity index (χ0n) is 13.4. The molecule has 0 aliphatic carbocycles. The van der Waals surface area contributed by atoms with Crippen LogP contribution in [0.3, 0.4) is 0 Å². The molecular formula is C19H19BrClNO2. The summed E-state index contributed by atoms with van der Waals surface area (Å²) in [5, 5.41) is 4.45. The van der Waals surface area contributed by atoms with Crippen LogP contribution >= 0.6 is 27.5 Å². The highest BCUT2D eigenvalue weighted by Gasteiger charge is 2.40. The maximum Gasteiger partial charge on any atom is 0.124 e. The molecule has 126 valence electrons. The Morgan fingerprint density at radius 3 is 2.92 bits per heavy atom. The van der Waals surface area contributed by atoms with Gasteiger partial charge in [-0.1, -0.05) is 27.5 Å². The summed E-state index contributed by atoms with van der Waals surface area (Å²) in [5.74, 6) is 1.25. The fourth-order valence-electron chi connectivity index (χ4n) is 3.90. The second-order valence-corrected chi connectivity index (χ2v) is 7.69. The molecule has 0 aromatic heterocycles. The van der Waals surface area contributed by atoms with E-state index < -0.39 is 0 Å². The molecule has 0 bridgehead atoms. The zero-order chi connectivity index (χ0) is 16.7. The Balaban J connectivity index is 1.82. The van der Waals surface area contributed by atoms with Crippen molar-refractivity contribution in [3.05, 3.63) is 57.0 Å². The van der Waals surface area contributed by atoms with Crippen LogP contribution in [0.25, 0.3) is 0 Å². The lowest BCUT2D eigenvalue weighted by Gasteiger charge is -2.43. The third-order valence-electron chi connectivity index (χ3n) is 4.95. The van der Waals surface area contributed by atoms with Gasteiger partial charge in [-0.05, 0) is 49.2 Å². The highest BCUT2D eigenvalue weighted by atomic mass is 79.9. The highest BCUT2D eigenvalue weighted by Crippen LogP contribution is 2.51. The van der Waals surface area contributed by atoms with E-state index >= 15 is 0 Å². The predicted octanol–water partition coefficient (Wildman–Crippen LogP) is 5.75. The second kappa shape index (κ2) is 6.58. The Kier molecular flexibility index (Phi) is 4.46. The molecule has 2 aliphatic heterocycles. The number of rotatable bonds is 2. The van der Waals surface area contributed by atoms with Gasteiger partial charge in [0.1, 0.15) is 5.75 Å². The van der Waals surface area contributed by atoms with E-state index in [0.29, 0.717) is 5.92 Å². The standard InChI is InChI=1S/C19H19BrClNO2/c1-23-17-7-4-11(20)9-15(17)18-13-3-2-8-24-19(13)14-10-12(21)5-6-16(14)22-18/h4-7,9-10,13,18-19,22H,2-3,8H2,1H3/t13-,18-,19-/m1/s1. The van der Waals surface area contributed by atoms with Crippen molar-refractivity contribution in [3.8, 4) is 5.75 Å². The monoisotopic (exact) mass is 407 g/mol. The topological polar surface area (TPSA) is 30.5 Å². The first-order valence-electron chi connectivity index (χ1n) is 8.18. The van der Waals surface area contributed by atoms with Gasteiger partial charge in [-0.25, -0.2) is 0 Å². The average Bonchev–Trinajstić information content (AvgIpc) is 2.61. The fourth-order valence-corrected chi connectivity index (χ4v) is 4.46. The van der Waals surface area contributed by atoms with Crippen molar-refractivity contribution in [1.29, 1.82) is 0 Å². The Morgan fingerprint density at radius 2 is 2.08 bits per heavy atom. The van der Waals surface area contributed by atoms with Gasteiger partial charge in [0, 0.05) is 38.8 Å². The first kappa shape index (κ1) is 16.2. The molecule has 4 rings (SSSR count). The second-order valence-electron chi connectivity index (χ2n) is 6.34. The van der Waals surface area contributed by atoms with Crippen LogP contribution in [-0.4, -0.2) is 13.7 Å². The quantitative estimate of drug-likeness (QED) is 0.686. The number of anilines is 1. The number of hydrogen-bond acceptors (Lipinski definition) is 3. The predicted molar refractivity (Wildman–Crippen MR) is 99.9 cm³/mol. The van der Waals surface area contributed by atoms with Gasteiger partial charge in [0.25, 0.3) is 0 Å². The first-order chi connectivity index (χ1) is 11.7. The van der Waals surface area contributed by atoms with Crippen molar-refractivity contribution in [2.24, 2.45) is 5.92 Å². The number of halogens is 2. The number of nitrogens with one attached hydrogen (secondary N) is 1. The van der Waals surface area contributed by atoms with Crippen LogP contribution < -0.4 is 10.1 Å². The normalized spacial score (nSPS) is 25.4. The molecule has 1 fully saturated rings. The van der Waals surface area contributed by atoms with E-state index in [1.54, 1.807) is 7.11 Å². The number of ether oxygens (including phenoxy) is 2.